The minimum Gasteiger partial charge on any atom is -0.370 e. The van der Waals surface area contributed by atoms with E-state index in [1.165, 1.54) is 6.26 Å². The summed E-state index contributed by atoms with van der Waals surface area (Å²) in [5, 5.41) is 0. The molecular formula is C18H29N3O3S. The lowest BCUT2D eigenvalue weighted by Gasteiger charge is -2.16. The summed E-state index contributed by atoms with van der Waals surface area (Å²) in [5.41, 5.74) is 12.1. The molecule has 0 heterocycles. The molecule has 4 N–H and O–H groups in total. The van der Waals surface area contributed by atoms with E-state index in [1.54, 1.807) is 12.1 Å². The van der Waals surface area contributed by atoms with Crippen LogP contribution < -0.4 is 11.5 Å². The van der Waals surface area contributed by atoms with Gasteiger partial charge in [0.2, 0.25) is 0 Å². The van der Waals surface area contributed by atoms with Crippen molar-refractivity contribution in [1.29, 1.82) is 0 Å². The molecule has 0 fully saturated rings. The van der Waals surface area contributed by atoms with E-state index < -0.39 is 15.7 Å². The highest BCUT2D eigenvalue weighted by Gasteiger charge is 2.23. The third-order valence-corrected chi connectivity index (χ3v) is 5.22. The van der Waals surface area contributed by atoms with Crippen LogP contribution in [0, 0.1) is 0 Å². The lowest BCUT2D eigenvalue weighted by Crippen LogP contribution is -2.24. The maximum atomic E-state index is 12.4. The Morgan fingerprint density at radius 3 is 2.24 bits per heavy atom. The van der Waals surface area contributed by atoms with Crippen molar-refractivity contribution < 1.29 is 13.2 Å². The lowest BCUT2D eigenvalue weighted by atomic mass is 9.96. The number of sulfone groups is 1. The summed E-state index contributed by atoms with van der Waals surface area (Å²) >= 11 is 0. The molecule has 1 aromatic rings. The van der Waals surface area contributed by atoms with Gasteiger partial charge in [0.05, 0.1) is 4.90 Å². The molecule has 0 aliphatic rings. The van der Waals surface area contributed by atoms with Gasteiger partial charge in [-0.25, -0.2) is 8.42 Å². The molecule has 0 aliphatic carbocycles. The van der Waals surface area contributed by atoms with E-state index in [1.807, 2.05) is 6.92 Å². The first-order valence-electron chi connectivity index (χ1n) is 8.71. The standard InChI is InChI=1S/C18H29N3O3S/c1-4-6-7-8-10-13-11-12-15(17(22)21-18(19)20)14(9-5-2)16(13)25(3,23)24/h11-12H,4-10H2,1-3H3,(H4,19,20,21,22). The topological polar surface area (TPSA) is 116 Å². The highest BCUT2D eigenvalue weighted by molar-refractivity contribution is 7.90. The van der Waals surface area contributed by atoms with Gasteiger partial charge < -0.3 is 11.5 Å². The van der Waals surface area contributed by atoms with Crippen molar-refractivity contribution in [3.63, 3.8) is 0 Å². The van der Waals surface area contributed by atoms with Crippen LogP contribution in [0.15, 0.2) is 22.0 Å². The predicted octanol–water partition coefficient (Wildman–Crippen LogP) is 2.58. The average Bonchev–Trinajstić information content (AvgIpc) is 2.50. The van der Waals surface area contributed by atoms with Crippen LogP contribution in [0.4, 0.5) is 0 Å². The number of carbonyl (C=O) groups is 1. The second-order valence-electron chi connectivity index (χ2n) is 6.25. The molecule has 1 amide bonds. The molecule has 1 rings (SSSR count). The molecular weight excluding hydrogens is 338 g/mol. The van der Waals surface area contributed by atoms with E-state index in [4.69, 9.17) is 11.5 Å². The average molecular weight is 368 g/mol. The zero-order valence-corrected chi connectivity index (χ0v) is 16.2. The third kappa shape index (κ3) is 6.16. The molecule has 6 nitrogen and oxygen atoms in total. The summed E-state index contributed by atoms with van der Waals surface area (Å²) in [7, 11) is -3.48. The summed E-state index contributed by atoms with van der Waals surface area (Å²) in [5.74, 6) is -0.942. The molecule has 0 atom stereocenters. The first-order valence-corrected chi connectivity index (χ1v) is 10.6. The molecule has 0 radical (unpaired) electrons. The normalized spacial score (nSPS) is 11.3. The van der Waals surface area contributed by atoms with Crippen molar-refractivity contribution in [3.05, 3.63) is 28.8 Å². The summed E-state index contributed by atoms with van der Waals surface area (Å²) < 4.78 is 24.9. The smallest absolute Gasteiger partial charge is 0.280 e. The highest BCUT2D eigenvalue weighted by Crippen LogP contribution is 2.28. The Balaban J connectivity index is 3.44. The molecule has 0 bridgehead atoms. The summed E-state index contributed by atoms with van der Waals surface area (Å²) in [6, 6.07) is 3.36. The molecule has 0 aliphatic heterocycles. The number of benzene rings is 1. The minimum absolute atomic E-state index is 0.257. The van der Waals surface area contributed by atoms with Gasteiger partial charge in [0.1, 0.15) is 0 Å². The van der Waals surface area contributed by atoms with Gasteiger partial charge in [0, 0.05) is 11.8 Å². The molecule has 0 spiro atoms. The number of nitrogens with two attached hydrogens (primary N) is 2. The molecule has 0 saturated heterocycles. The van der Waals surface area contributed by atoms with Crippen LogP contribution in [0.5, 0.6) is 0 Å². The van der Waals surface area contributed by atoms with Crippen LogP contribution in [-0.4, -0.2) is 26.5 Å². The number of hydrogen-bond donors (Lipinski definition) is 2. The fourth-order valence-electron chi connectivity index (χ4n) is 2.95. The quantitative estimate of drug-likeness (QED) is 0.395. The van der Waals surface area contributed by atoms with Gasteiger partial charge in [-0.1, -0.05) is 45.6 Å². The summed E-state index contributed by atoms with van der Waals surface area (Å²) in [6.07, 6.45) is 7.27. The minimum atomic E-state index is -3.48. The van der Waals surface area contributed by atoms with Gasteiger partial charge in [-0.15, -0.1) is 0 Å². The largest absolute Gasteiger partial charge is 0.370 e. The Morgan fingerprint density at radius 1 is 1.04 bits per heavy atom. The second kappa shape index (κ2) is 9.56. The summed E-state index contributed by atoms with van der Waals surface area (Å²) in [4.78, 5) is 16.1. The first kappa shape index (κ1) is 21.2. The maximum absolute atomic E-state index is 12.4. The zero-order valence-electron chi connectivity index (χ0n) is 15.3. The predicted molar refractivity (Wildman–Crippen MR) is 102 cm³/mol. The first-order chi connectivity index (χ1) is 11.7. The molecule has 0 aromatic heterocycles. The molecule has 140 valence electrons. The monoisotopic (exact) mass is 367 g/mol. The Bertz CT molecular complexity index is 736. The Kier molecular flexibility index (Phi) is 8.09. The van der Waals surface area contributed by atoms with E-state index in [9.17, 15) is 13.2 Å². The number of hydrogen-bond acceptors (Lipinski definition) is 3. The SMILES string of the molecule is CCCCCCc1ccc(C(=O)N=C(N)N)c(CCC)c1S(C)(=O)=O. The number of guanidine groups is 1. The lowest BCUT2D eigenvalue weighted by molar-refractivity contribution is 0.100. The number of amides is 1. The molecule has 7 heteroatoms. The highest BCUT2D eigenvalue weighted by atomic mass is 32.2. The van der Waals surface area contributed by atoms with Crippen molar-refractivity contribution in [2.75, 3.05) is 6.26 Å². The number of aliphatic imine (C=N–C) groups is 1. The van der Waals surface area contributed by atoms with Crippen molar-refractivity contribution >= 4 is 21.7 Å². The fraction of sp³-hybridized carbons (Fsp3) is 0.556. The van der Waals surface area contributed by atoms with Crippen molar-refractivity contribution in [3.8, 4) is 0 Å². The van der Waals surface area contributed by atoms with Crippen molar-refractivity contribution in [2.24, 2.45) is 16.5 Å². The van der Waals surface area contributed by atoms with Gasteiger partial charge in [-0.05, 0) is 36.5 Å². The molecule has 25 heavy (non-hydrogen) atoms. The molecule has 0 saturated carbocycles. The van der Waals surface area contributed by atoms with Crippen molar-refractivity contribution in [2.45, 2.75) is 63.7 Å². The number of nitrogens with zero attached hydrogens (tertiary/aromatic N) is 1. The van der Waals surface area contributed by atoms with Gasteiger partial charge in [-0.2, -0.15) is 4.99 Å². The number of aryl methyl sites for hydroxylation is 1. The zero-order chi connectivity index (χ0) is 19.0. The van der Waals surface area contributed by atoms with Crippen LogP contribution in [0.1, 0.15) is 67.4 Å². The van der Waals surface area contributed by atoms with E-state index in [0.29, 0.717) is 24.8 Å². The van der Waals surface area contributed by atoms with E-state index in [-0.39, 0.29) is 16.4 Å². The summed E-state index contributed by atoms with van der Waals surface area (Å²) in [6.45, 7) is 4.07. The van der Waals surface area contributed by atoms with E-state index in [2.05, 4.69) is 11.9 Å². The molecule has 1 aromatic carbocycles. The third-order valence-electron chi connectivity index (χ3n) is 3.97. The van der Waals surface area contributed by atoms with E-state index >= 15 is 0 Å². The molecule has 0 unspecified atom stereocenters. The van der Waals surface area contributed by atoms with Crippen LogP contribution in [0.3, 0.4) is 0 Å². The van der Waals surface area contributed by atoms with Crippen molar-refractivity contribution in [1.82, 2.24) is 0 Å². The maximum Gasteiger partial charge on any atom is 0.280 e. The van der Waals surface area contributed by atoms with Crippen LogP contribution in [0.2, 0.25) is 0 Å². The van der Waals surface area contributed by atoms with Gasteiger partial charge in [0.25, 0.3) is 5.91 Å². The van der Waals surface area contributed by atoms with Gasteiger partial charge >= 0.3 is 0 Å². The fourth-order valence-corrected chi connectivity index (χ4v) is 4.26. The number of rotatable bonds is 9. The number of unbranched alkanes of at least 4 members (excludes halogenated alkanes) is 3. The van der Waals surface area contributed by atoms with Crippen LogP contribution in [0.25, 0.3) is 0 Å². The van der Waals surface area contributed by atoms with Crippen LogP contribution in [-0.2, 0) is 22.7 Å². The van der Waals surface area contributed by atoms with Gasteiger partial charge in [-0.3, -0.25) is 4.79 Å². The Hall–Kier alpha value is -1.89. The Morgan fingerprint density at radius 2 is 1.72 bits per heavy atom. The second-order valence-corrected chi connectivity index (χ2v) is 8.21. The van der Waals surface area contributed by atoms with E-state index in [0.717, 1.165) is 31.2 Å². The Labute approximate surface area is 150 Å². The number of carbonyl (C=O) groups excluding carboxylic acids is 1. The van der Waals surface area contributed by atoms with Gasteiger partial charge in [0.15, 0.2) is 15.8 Å². The van der Waals surface area contributed by atoms with Crippen LogP contribution >= 0.6 is 0 Å².